The molecule has 0 fully saturated rings. The Labute approximate surface area is 204 Å². The minimum Gasteiger partial charge on any atom is -0.480 e. The van der Waals surface area contributed by atoms with E-state index < -0.39 is 12.0 Å². The molecule has 3 aromatic carbocycles. The fourth-order valence-electron chi connectivity index (χ4n) is 4.49. The normalized spacial score (nSPS) is 15.5. The average molecular weight is 472 g/mol. The maximum absolute atomic E-state index is 13.0. The number of fused-ring (bicyclic) bond motifs is 1. The largest absolute Gasteiger partial charge is 0.480 e. The minimum absolute atomic E-state index is 0.237. The standard InChI is InChI=1S/C28H29N3O4/c1-4-5-25(27(33)34)31-18(3)24-16-20(10-15-23(24)26(31)32)19-8-13-22(14-9-19)30-28(35)29-21-11-6-17(2)7-12-21/h6-16,18,25H,4-5H2,1-3H3,(H,33,34)(H2,29,30,35)/t18-,25?/m0/s1. The number of hydrogen-bond donors (Lipinski definition) is 3. The van der Waals surface area contributed by atoms with Gasteiger partial charge in [0, 0.05) is 16.9 Å². The molecule has 0 spiro atoms. The molecule has 180 valence electrons. The molecule has 0 aromatic heterocycles. The summed E-state index contributed by atoms with van der Waals surface area (Å²) in [7, 11) is 0. The molecule has 0 saturated carbocycles. The summed E-state index contributed by atoms with van der Waals surface area (Å²) in [5.41, 5.74) is 5.71. The molecule has 3 amide bonds. The zero-order chi connectivity index (χ0) is 25.1. The van der Waals surface area contributed by atoms with Crippen molar-refractivity contribution in [3.63, 3.8) is 0 Å². The number of benzene rings is 3. The number of carboxylic acid groups (broad SMARTS) is 1. The maximum atomic E-state index is 13.0. The van der Waals surface area contributed by atoms with Crippen LogP contribution in [0.2, 0.25) is 0 Å². The van der Waals surface area contributed by atoms with Crippen LogP contribution in [0, 0.1) is 6.92 Å². The molecular formula is C28H29N3O4. The molecule has 0 aliphatic carbocycles. The number of carbonyl (C=O) groups excluding carboxylic acids is 2. The summed E-state index contributed by atoms with van der Waals surface area (Å²) in [6, 6.07) is 19.1. The minimum atomic E-state index is -0.977. The summed E-state index contributed by atoms with van der Waals surface area (Å²) < 4.78 is 0. The van der Waals surface area contributed by atoms with Gasteiger partial charge < -0.3 is 20.6 Å². The maximum Gasteiger partial charge on any atom is 0.326 e. The van der Waals surface area contributed by atoms with E-state index in [1.807, 2.05) is 81.4 Å². The number of aliphatic carboxylic acids is 1. The van der Waals surface area contributed by atoms with Crippen molar-refractivity contribution >= 4 is 29.3 Å². The van der Waals surface area contributed by atoms with E-state index in [2.05, 4.69) is 10.6 Å². The summed E-state index contributed by atoms with van der Waals surface area (Å²) in [5, 5.41) is 15.3. The Morgan fingerprint density at radius 1 is 0.943 bits per heavy atom. The number of aryl methyl sites for hydroxylation is 1. The van der Waals surface area contributed by atoms with Crippen molar-refractivity contribution in [3.8, 4) is 11.1 Å². The second-order valence-corrected chi connectivity index (χ2v) is 8.86. The zero-order valence-electron chi connectivity index (χ0n) is 20.0. The quantitative estimate of drug-likeness (QED) is 0.389. The van der Waals surface area contributed by atoms with Crippen molar-refractivity contribution in [2.24, 2.45) is 0 Å². The van der Waals surface area contributed by atoms with E-state index in [9.17, 15) is 19.5 Å². The van der Waals surface area contributed by atoms with Crippen LogP contribution in [-0.2, 0) is 4.79 Å². The predicted molar refractivity (Wildman–Crippen MR) is 137 cm³/mol. The predicted octanol–water partition coefficient (Wildman–Crippen LogP) is 6.08. The van der Waals surface area contributed by atoms with Crippen LogP contribution in [0.4, 0.5) is 16.2 Å². The van der Waals surface area contributed by atoms with Gasteiger partial charge in [-0.15, -0.1) is 0 Å². The van der Waals surface area contributed by atoms with E-state index in [0.717, 1.165) is 22.3 Å². The van der Waals surface area contributed by atoms with Crippen LogP contribution in [-0.4, -0.2) is 34.0 Å². The lowest BCUT2D eigenvalue weighted by Gasteiger charge is -2.28. The molecule has 0 bridgehead atoms. The highest BCUT2D eigenvalue weighted by atomic mass is 16.4. The van der Waals surface area contributed by atoms with Crippen LogP contribution in [0.15, 0.2) is 66.7 Å². The monoisotopic (exact) mass is 471 g/mol. The summed E-state index contributed by atoms with van der Waals surface area (Å²) >= 11 is 0. The lowest BCUT2D eigenvalue weighted by Crippen LogP contribution is -2.42. The molecule has 1 unspecified atom stereocenters. The van der Waals surface area contributed by atoms with Gasteiger partial charge in [0.15, 0.2) is 0 Å². The number of nitrogens with one attached hydrogen (secondary N) is 2. The van der Waals surface area contributed by atoms with Crippen LogP contribution in [0.25, 0.3) is 11.1 Å². The molecule has 1 heterocycles. The van der Waals surface area contributed by atoms with Crippen LogP contribution in [0.3, 0.4) is 0 Å². The lowest BCUT2D eigenvalue weighted by molar-refractivity contribution is -0.143. The highest BCUT2D eigenvalue weighted by molar-refractivity contribution is 6.02. The van der Waals surface area contributed by atoms with Crippen molar-refractivity contribution in [3.05, 3.63) is 83.4 Å². The number of carbonyl (C=O) groups is 3. The Kier molecular flexibility index (Phi) is 6.87. The van der Waals surface area contributed by atoms with Gasteiger partial charge in [0.2, 0.25) is 0 Å². The molecule has 3 N–H and O–H groups in total. The van der Waals surface area contributed by atoms with Gasteiger partial charge in [-0.3, -0.25) is 4.79 Å². The smallest absolute Gasteiger partial charge is 0.326 e. The Bertz CT molecular complexity index is 1250. The van der Waals surface area contributed by atoms with E-state index in [1.54, 1.807) is 6.07 Å². The van der Waals surface area contributed by atoms with Crippen LogP contribution in [0.1, 0.15) is 54.2 Å². The number of carboxylic acids is 1. The second-order valence-electron chi connectivity index (χ2n) is 8.86. The Morgan fingerprint density at radius 2 is 1.51 bits per heavy atom. The van der Waals surface area contributed by atoms with Crippen LogP contribution < -0.4 is 10.6 Å². The third kappa shape index (κ3) is 5.04. The van der Waals surface area contributed by atoms with Gasteiger partial charge in [-0.25, -0.2) is 9.59 Å². The first-order valence-corrected chi connectivity index (χ1v) is 11.7. The Hall–Kier alpha value is -4.13. The van der Waals surface area contributed by atoms with Gasteiger partial charge in [0.25, 0.3) is 5.91 Å². The first-order chi connectivity index (χ1) is 16.8. The number of amides is 3. The Balaban J connectivity index is 1.48. The van der Waals surface area contributed by atoms with Crippen molar-refractivity contribution in [1.82, 2.24) is 4.90 Å². The molecule has 1 aliphatic rings. The van der Waals surface area contributed by atoms with Crippen molar-refractivity contribution in [2.45, 2.75) is 45.7 Å². The first-order valence-electron chi connectivity index (χ1n) is 11.7. The van der Waals surface area contributed by atoms with Gasteiger partial charge in [0.05, 0.1) is 6.04 Å². The van der Waals surface area contributed by atoms with E-state index in [-0.39, 0.29) is 18.0 Å². The molecule has 7 heteroatoms. The molecule has 0 saturated heterocycles. The zero-order valence-corrected chi connectivity index (χ0v) is 20.0. The topological polar surface area (TPSA) is 98.7 Å². The molecular weight excluding hydrogens is 442 g/mol. The van der Waals surface area contributed by atoms with Gasteiger partial charge in [0.1, 0.15) is 6.04 Å². The summed E-state index contributed by atoms with van der Waals surface area (Å²) in [5.74, 6) is -1.21. The number of rotatable bonds is 7. The number of nitrogens with zero attached hydrogens (tertiary/aromatic N) is 1. The molecule has 4 rings (SSSR count). The fraction of sp³-hybridized carbons (Fsp3) is 0.250. The molecule has 1 aliphatic heterocycles. The molecule has 3 aromatic rings. The molecule has 35 heavy (non-hydrogen) atoms. The van der Waals surface area contributed by atoms with E-state index in [1.165, 1.54) is 4.90 Å². The highest BCUT2D eigenvalue weighted by Gasteiger charge is 2.40. The Morgan fingerprint density at radius 3 is 2.09 bits per heavy atom. The number of hydrogen-bond acceptors (Lipinski definition) is 3. The second kappa shape index (κ2) is 10.0. The third-order valence-corrected chi connectivity index (χ3v) is 6.35. The first kappa shape index (κ1) is 24.0. The summed E-state index contributed by atoms with van der Waals surface area (Å²) in [6.07, 6.45) is 1.09. The van der Waals surface area contributed by atoms with Gasteiger partial charge >= 0.3 is 12.0 Å². The number of urea groups is 1. The molecule has 2 atom stereocenters. The van der Waals surface area contributed by atoms with Gasteiger partial charge in [-0.1, -0.05) is 49.2 Å². The highest BCUT2D eigenvalue weighted by Crippen LogP contribution is 2.38. The lowest BCUT2D eigenvalue weighted by atomic mass is 9.97. The molecule has 7 nitrogen and oxygen atoms in total. The summed E-state index contributed by atoms with van der Waals surface area (Å²) in [6.45, 7) is 5.77. The fourth-order valence-corrected chi connectivity index (χ4v) is 4.49. The van der Waals surface area contributed by atoms with Crippen molar-refractivity contribution in [2.75, 3.05) is 10.6 Å². The molecule has 0 radical (unpaired) electrons. The van der Waals surface area contributed by atoms with Gasteiger partial charge in [-0.2, -0.15) is 0 Å². The SMILES string of the molecule is CCCC(C(=O)O)N1C(=O)c2ccc(-c3ccc(NC(=O)Nc4ccc(C)cc4)cc3)cc2[C@@H]1C. The number of anilines is 2. The summed E-state index contributed by atoms with van der Waals surface area (Å²) in [4.78, 5) is 38.6. The van der Waals surface area contributed by atoms with E-state index >= 15 is 0 Å². The van der Waals surface area contributed by atoms with Crippen molar-refractivity contribution in [1.29, 1.82) is 0 Å². The average Bonchev–Trinajstić information content (AvgIpc) is 3.08. The van der Waals surface area contributed by atoms with Crippen LogP contribution >= 0.6 is 0 Å². The van der Waals surface area contributed by atoms with Gasteiger partial charge in [-0.05, 0) is 73.4 Å². The van der Waals surface area contributed by atoms with Crippen molar-refractivity contribution < 1.29 is 19.5 Å². The van der Waals surface area contributed by atoms with E-state index in [4.69, 9.17) is 0 Å². The van der Waals surface area contributed by atoms with E-state index in [0.29, 0.717) is 29.8 Å². The third-order valence-electron chi connectivity index (χ3n) is 6.35. The van der Waals surface area contributed by atoms with Crippen LogP contribution in [0.5, 0.6) is 0 Å².